The summed E-state index contributed by atoms with van der Waals surface area (Å²) in [7, 11) is 0. The average molecular weight is 304 g/mol. The van der Waals surface area contributed by atoms with Crippen LogP contribution in [0.3, 0.4) is 0 Å². The number of hydrogen-bond donors (Lipinski definition) is 1. The second-order valence-corrected chi connectivity index (χ2v) is 6.23. The third kappa shape index (κ3) is 5.68. The standard InChI is InChI=1S/C18H28N2O2/c1-3-4-13-22-17-7-5-16(6-8-17)19-18(21)14-20-11-9-15(2)10-12-20/h5-8,15H,3-4,9-14H2,1-2H3,(H,19,21). The highest BCUT2D eigenvalue weighted by atomic mass is 16.5. The van der Waals surface area contributed by atoms with Gasteiger partial charge in [-0.25, -0.2) is 0 Å². The number of unbranched alkanes of at least 4 members (excludes halogenated alkanes) is 1. The molecule has 22 heavy (non-hydrogen) atoms. The Morgan fingerprint density at radius 3 is 2.59 bits per heavy atom. The summed E-state index contributed by atoms with van der Waals surface area (Å²) in [5, 5.41) is 2.96. The van der Waals surface area contributed by atoms with E-state index in [9.17, 15) is 4.79 Å². The van der Waals surface area contributed by atoms with E-state index in [1.54, 1.807) is 0 Å². The van der Waals surface area contributed by atoms with E-state index < -0.39 is 0 Å². The number of anilines is 1. The van der Waals surface area contributed by atoms with Crippen LogP contribution in [0.15, 0.2) is 24.3 Å². The lowest BCUT2D eigenvalue weighted by Crippen LogP contribution is -2.38. The van der Waals surface area contributed by atoms with Gasteiger partial charge >= 0.3 is 0 Å². The molecule has 4 heteroatoms. The maximum atomic E-state index is 12.1. The third-order valence-corrected chi connectivity index (χ3v) is 4.15. The number of carbonyl (C=O) groups excluding carboxylic acids is 1. The molecule has 0 aromatic heterocycles. The average Bonchev–Trinajstić information content (AvgIpc) is 2.51. The zero-order chi connectivity index (χ0) is 15.8. The summed E-state index contributed by atoms with van der Waals surface area (Å²) in [6, 6.07) is 7.62. The van der Waals surface area contributed by atoms with Crippen LogP contribution >= 0.6 is 0 Å². The Labute approximate surface area is 133 Å². The van der Waals surface area contributed by atoms with Crippen LogP contribution in [0.2, 0.25) is 0 Å². The number of carbonyl (C=O) groups is 1. The monoisotopic (exact) mass is 304 g/mol. The van der Waals surface area contributed by atoms with E-state index in [0.717, 1.165) is 49.9 Å². The Morgan fingerprint density at radius 1 is 1.27 bits per heavy atom. The van der Waals surface area contributed by atoms with E-state index in [4.69, 9.17) is 4.74 Å². The van der Waals surface area contributed by atoms with Crippen molar-refractivity contribution in [2.45, 2.75) is 39.5 Å². The molecule has 1 fully saturated rings. The number of hydrogen-bond acceptors (Lipinski definition) is 3. The van der Waals surface area contributed by atoms with Gasteiger partial charge in [-0.05, 0) is 62.5 Å². The third-order valence-electron chi connectivity index (χ3n) is 4.15. The quantitative estimate of drug-likeness (QED) is 0.783. The number of nitrogens with one attached hydrogen (secondary N) is 1. The summed E-state index contributed by atoms with van der Waals surface area (Å²) >= 11 is 0. The summed E-state index contributed by atoms with van der Waals surface area (Å²) in [5.41, 5.74) is 0.832. The fraction of sp³-hybridized carbons (Fsp3) is 0.611. The van der Waals surface area contributed by atoms with E-state index in [1.165, 1.54) is 12.8 Å². The first kappa shape index (κ1) is 16.8. The summed E-state index contributed by atoms with van der Waals surface area (Å²) in [6.07, 6.45) is 4.57. The van der Waals surface area contributed by atoms with Crippen LogP contribution in [0, 0.1) is 5.92 Å². The normalized spacial score (nSPS) is 16.5. The van der Waals surface area contributed by atoms with E-state index in [2.05, 4.69) is 24.1 Å². The summed E-state index contributed by atoms with van der Waals surface area (Å²) in [5.74, 6) is 1.71. The second-order valence-electron chi connectivity index (χ2n) is 6.23. The zero-order valence-corrected chi connectivity index (χ0v) is 13.8. The molecule has 1 aromatic rings. The largest absolute Gasteiger partial charge is 0.494 e. The summed E-state index contributed by atoms with van der Waals surface area (Å²) in [4.78, 5) is 14.3. The molecule has 1 heterocycles. The van der Waals surface area contributed by atoms with Gasteiger partial charge < -0.3 is 10.1 Å². The Balaban J connectivity index is 1.74. The van der Waals surface area contributed by atoms with Crippen molar-refractivity contribution >= 4 is 11.6 Å². The number of benzene rings is 1. The Hall–Kier alpha value is -1.55. The molecule has 0 saturated carbocycles. The highest BCUT2D eigenvalue weighted by Crippen LogP contribution is 2.17. The number of ether oxygens (including phenoxy) is 1. The van der Waals surface area contributed by atoms with Gasteiger partial charge in [0.05, 0.1) is 13.2 Å². The van der Waals surface area contributed by atoms with Crippen LogP contribution in [-0.4, -0.2) is 37.0 Å². The van der Waals surface area contributed by atoms with Gasteiger partial charge in [0, 0.05) is 5.69 Å². The predicted octanol–water partition coefficient (Wildman–Crippen LogP) is 3.54. The minimum atomic E-state index is 0.0641. The van der Waals surface area contributed by atoms with E-state index in [1.807, 2.05) is 24.3 Å². The van der Waals surface area contributed by atoms with Crippen molar-refractivity contribution in [3.63, 3.8) is 0 Å². The molecule has 0 atom stereocenters. The Bertz CT molecular complexity index is 451. The van der Waals surface area contributed by atoms with Gasteiger partial charge in [-0.3, -0.25) is 9.69 Å². The molecular formula is C18H28N2O2. The highest BCUT2D eigenvalue weighted by molar-refractivity contribution is 5.92. The SMILES string of the molecule is CCCCOc1ccc(NC(=O)CN2CCC(C)CC2)cc1. The molecule has 1 aromatic carbocycles. The molecule has 0 radical (unpaired) electrons. The van der Waals surface area contributed by atoms with E-state index in [-0.39, 0.29) is 5.91 Å². The lowest BCUT2D eigenvalue weighted by molar-refractivity contribution is -0.117. The van der Waals surface area contributed by atoms with Gasteiger partial charge in [-0.1, -0.05) is 20.3 Å². The molecule has 2 rings (SSSR count). The number of piperidine rings is 1. The summed E-state index contributed by atoms with van der Waals surface area (Å²) < 4.78 is 5.62. The van der Waals surface area contributed by atoms with Gasteiger partial charge in [0.25, 0.3) is 0 Å². The first-order valence-electron chi connectivity index (χ1n) is 8.42. The van der Waals surface area contributed by atoms with Gasteiger partial charge in [0.1, 0.15) is 5.75 Å². The van der Waals surface area contributed by atoms with E-state index in [0.29, 0.717) is 6.54 Å². The van der Waals surface area contributed by atoms with Crippen LogP contribution in [0.4, 0.5) is 5.69 Å². The number of nitrogens with zero attached hydrogens (tertiary/aromatic N) is 1. The molecule has 0 bridgehead atoms. The van der Waals surface area contributed by atoms with Crippen LogP contribution in [0.5, 0.6) is 5.75 Å². The molecule has 4 nitrogen and oxygen atoms in total. The first-order chi connectivity index (χ1) is 10.7. The van der Waals surface area contributed by atoms with Crippen molar-refractivity contribution in [1.29, 1.82) is 0 Å². The van der Waals surface area contributed by atoms with Crippen molar-refractivity contribution in [2.75, 3.05) is 31.6 Å². The number of likely N-dealkylation sites (tertiary alicyclic amines) is 1. The molecule has 0 unspecified atom stereocenters. The lowest BCUT2D eigenvalue weighted by atomic mass is 9.99. The number of amides is 1. The molecule has 1 saturated heterocycles. The van der Waals surface area contributed by atoms with Gasteiger partial charge in [0.15, 0.2) is 0 Å². The molecule has 1 aliphatic rings. The second kappa shape index (κ2) is 8.79. The molecule has 1 N–H and O–H groups in total. The lowest BCUT2D eigenvalue weighted by Gasteiger charge is -2.29. The molecular weight excluding hydrogens is 276 g/mol. The van der Waals surface area contributed by atoms with Gasteiger partial charge in [0.2, 0.25) is 5.91 Å². The Morgan fingerprint density at radius 2 is 1.95 bits per heavy atom. The maximum absolute atomic E-state index is 12.1. The van der Waals surface area contributed by atoms with Crippen molar-refractivity contribution in [2.24, 2.45) is 5.92 Å². The van der Waals surface area contributed by atoms with E-state index >= 15 is 0 Å². The van der Waals surface area contributed by atoms with Crippen molar-refractivity contribution < 1.29 is 9.53 Å². The van der Waals surface area contributed by atoms with Gasteiger partial charge in [-0.15, -0.1) is 0 Å². The fourth-order valence-electron chi connectivity index (χ4n) is 2.59. The maximum Gasteiger partial charge on any atom is 0.238 e. The molecule has 0 spiro atoms. The van der Waals surface area contributed by atoms with Crippen LogP contribution in [0.1, 0.15) is 39.5 Å². The number of rotatable bonds is 7. The summed E-state index contributed by atoms with van der Waals surface area (Å²) in [6.45, 7) is 7.71. The molecule has 0 aliphatic carbocycles. The van der Waals surface area contributed by atoms with Crippen molar-refractivity contribution in [3.05, 3.63) is 24.3 Å². The van der Waals surface area contributed by atoms with Crippen LogP contribution < -0.4 is 10.1 Å². The highest BCUT2D eigenvalue weighted by Gasteiger charge is 2.17. The molecule has 1 aliphatic heterocycles. The first-order valence-corrected chi connectivity index (χ1v) is 8.42. The zero-order valence-electron chi connectivity index (χ0n) is 13.8. The smallest absolute Gasteiger partial charge is 0.238 e. The van der Waals surface area contributed by atoms with Crippen LogP contribution in [0.25, 0.3) is 0 Å². The molecule has 1 amide bonds. The van der Waals surface area contributed by atoms with Crippen molar-refractivity contribution in [3.8, 4) is 5.75 Å². The Kier molecular flexibility index (Phi) is 6.72. The van der Waals surface area contributed by atoms with Crippen molar-refractivity contribution in [1.82, 2.24) is 4.90 Å². The predicted molar refractivity (Wildman–Crippen MR) is 90.3 cm³/mol. The topological polar surface area (TPSA) is 41.6 Å². The van der Waals surface area contributed by atoms with Gasteiger partial charge in [-0.2, -0.15) is 0 Å². The minimum absolute atomic E-state index is 0.0641. The minimum Gasteiger partial charge on any atom is -0.494 e. The van der Waals surface area contributed by atoms with Crippen LogP contribution in [-0.2, 0) is 4.79 Å². The fourth-order valence-corrected chi connectivity index (χ4v) is 2.59. The molecule has 122 valence electrons.